The standard InChI is InChI=1S/C16H13Cl2N3O4/c1-10(25-13-5-3-12(17)4-6-13)16(22)20-19-9-11-2-7-14(18)15(8-11)21(23)24/h2-10H,1H3,(H,20,22). The zero-order valence-corrected chi connectivity index (χ0v) is 14.5. The molecule has 2 aromatic rings. The van der Waals surface area contributed by atoms with Gasteiger partial charge in [0.05, 0.1) is 11.1 Å². The van der Waals surface area contributed by atoms with E-state index in [1.54, 1.807) is 37.3 Å². The number of amides is 1. The molecule has 0 heterocycles. The molecule has 0 radical (unpaired) electrons. The molecular formula is C16H13Cl2N3O4. The highest BCUT2D eigenvalue weighted by atomic mass is 35.5. The molecule has 2 rings (SSSR count). The SMILES string of the molecule is CC(Oc1ccc(Cl)cc1)C(=O)NN=Cc1ccc(Cl)c([N+](=O)[O-])c1. The van der Waals surface area contributed by atoms with Gasteiger partial charge in [0.1, 0.15) is 10.8 Å². The lowest BCUT2D eigenvalue weighted by molar-refractivity contribution is -0.384. The fourth-order valence-corrected chi connectivity index (χ4v) is 2.09. The Kier molecular flexibility index (Phi) is 6.32. The number of nitro benzene ring substituents is 1. The van der Waals surface area contributed by atoms with E-state index in [4.69, 9.17) is 27.9 Å². The minimum atomic E-state index is -0.794. The normalized spacial score (nSPS) is 12.0. The summed E-state index contributed by atoms with van der Waals surface area (Å²) < 4.78 is 5.45. The number of rotatable bonds is 6. The fourth-order valence-electron chi connectivity index (χ4n) is 1.78. The summed E-state index contributed by atoms with van der Waals surface area (Å²) in [6, 6.07) is 10.8. The summed E-state index contributed by atoms with van der Waals surface area (Å²) in [7, 11) is 0. The molecule has 0 fully saturated rings. The minimum absolute atomic E-state index is 0.0242. The molecule has 2 aromatic carbocycles. The number of nitrogens with one attached hydrogen (secondary N) is 1. The van der Waals surface area contributed by atoms with Crippen molar-refractivity contribution in [1.82, 2.24) is 5.43 Å². The monoisotopic (exact) mass is 381 g/mol. The van der Waals surface area contributed by atoms with Crippen molar-refractivity contribution in [3.05, 3.63) is 68.2 Å². The van der Waals surface area contributed by atoms with Crippen LogP contribution in [0.2, 0.25) is 10.0 Å². The highest BCUT2D eigenvalue weighted by Gasteiger charge is 2.14. The van der Waals surface area contributed by atoms with Crippen molar-refractivity contribution in [1.29, 1.82) is 0 Å². The van der Waals surface area contributed by atoms with E-state index in [-0.39, 0.29) is 10.7 Å². The van der Waals surface area contributed by atoms with Gasteiger partial charge in [0.2, 0.25) is 0 Å². The molecule has 0 bridgehead atoms. The van der Waals surface area contributed by atoms with E-state index in [9.17, 15) is 14.9 Å². The van der Waals surface area contributed by atoms with Crippen LogP contribution >= 0.6 is 23.2 Å². The number of nitrogens with zero attached hydrogens (tertiary/aromatic N) is 2. The first kappa shape index (κ1) is 18.7. The van der Waals surface area contributed by atoms with Crippen molar-refractivity contribution < 1.29 is 14.5 Å². The maximum atomic E-state index is 11.9. The average Bonchev–Trinajstić information content (AvgIpc) is 2.58. The Balaban J connectivity index is 1.94. The van der Waals surface area contributed by atoms with Crippen LogP contribution in [0.3, 0.4) is 0 Å². The molecule has 1 unspecified atom stereocenters. The summed E-state index contributed by atoms with van der Waals surface area (Å²) in [5, 5.41) is 15.2. The number of halogens is 2. The number of hydrogen-bond acceptors (Lipinski definition) is 5. The number of hydrogen-bond donors (Lipinski definition) is 1. The Morgan fingerprint density at radius 2 is 1.96 bits per heavy atom. The van der Waals surface area contributed by atoms with Crippen LogP contribution in [0.4, 0.5) is 5.69 Å². The Hall–Kier alpha value is -2.64. The van der Waals surface area contributed by atoms with Crippen molar-refractivity contribution in [2.45, 2.75) is 13.0 Å². The van der Waals surface area contributed by atoms with Gasteiger partial charge in [-0.3, -0.25) is 14.9 Å². The van der Waals surface area contributed by atoms with E-state index in [2.05, 4.69) is 10.5 Å². The van der Waals surface area contributed by atoms with Gasteiger partial charge in [-0.1, -0.05) is 29.3 Å². The highest BCUT2D eigenvalue weighted by Crippen LogP contribution is 2.24. The van der Waals surface area contributed by atoms with Crippen molar-refractivity contribution in [3.8, 4) is 5.75 Å². The van der Waals surface area contributed by atoms with Crippen LogP contribution in [-0.2, 0) is 4.79 Å². The number of ether oxygens (including phenoxy) is 1. The van der Waals surface area contributed by atoms with E-state index in [0.29, 0.717) is 16.3 Å². The second kappa shape index (κ2) is 8.46. The number of benzene rings is 2. The maximum absolute atomic E-state index is 11.9. The lowest BCUT2D eigenvalue weighted by Gasteiger charge is -2.12. The Morgan fingerprint density at radius 3 is 2.60 bits per heavy atom. The molecule has 0 saturated carbocycles. The first-order chi connectivity index (χ1) is 11.9. The molecule has 9 heteroatoms. The largest absolute Gasteiger partial charge is 0.481 e. The van der Waals surface area contributed by atoms with Crippen LogP contribution in [0.5, 0.6) is 5.75 Å². The van der Waals surface area contributed by atoms with Crippen LogP contribution in [-0.4, -0.2) is 23.1 Å². The third-order valence-corrected chi connectivity index (χ3v) is 3.62. The van der Waals surface area contributed by atoms with Crippen molar-refractivity contribution in [2.24, 2.45) is 5.10 Å². The number of nitro groups is 1. The zero-order chi connectivity index (χ0) is 18.4. The number of hydrazone groups is 1. The Morgan fingerprint density at radius 1 is 1.28 bits per heavy atom. The van der Waals surface area contributed by atoms with Crippen LogP contribution in [0, 0.1) is 10.1 Å². The van der Waals surface area contributed by atoms with E-state index in [1.807, 2.05) is 0 Å². The molecule has 1 amide bonds. The zero-order valence-electron chi connectivity index (χ0n) is 13.0. The smallest absolute Gasteiger partial charge is 0.288 e. The molecule has 0 aromatic heterocycles. The molecule has 0 aliphatic heterocycles. The predicted octanol–water partition coefficient (Wildman–Crippen LogP) is 3.82. The minimum Gasteiger partial charge on any atom is -0.481 e. The molecule has 25 heavy (non-hydrogen) atoms. The van der Waals surface area contributed by atoms with Crippen LogP contribution in [0.25, 0.3) is 0 Å². The first-order valence-electron chi connectivity index (χ1n) is 7.06. The number of carbonyl (C=O) groups excluding carboxylic acids is 1. The quantitative estimate of drug-likeness (QED) is 0.467. The van der Waals surface area contributed by atoms with E-state index in [1.165, 1.54) is 18.3 Å². The van der Waals surface area contributed by atoms with Crippen LogP contribution in [0.15, 0.2) is 47.6 Å². The molecule has 7 nitrogen and oxygen atoms in total. The summed E-state index contributed by atoms with van der Waals surface area (Å²) in [6.45, 7) is 1.56. The van der Waals surface area contributed by atoms with E-state index >= 15 is 0 Å². The fraction of sp³-hybridized carbons (Fsp3) is 0.125. The van der Waals surface area contributed by atoms with Crippen molar-refractivity contribution >= 4 is 41.0 Å². The number of carbonyl (C=O) groups is 1. The lowest BCUT2D eigenvalue weighted by Crippen LogP contribution is -2.33. The van der Waals surface area contributed by atoms with E-state index < -0.39 is 16.9 Å². The van der Waals surface area contributed by atoms with Gasteiger partial charge in [-0.25, -0.2) is 5.43 Å². The lowest BCUT2D eigenvalue weighted by atomic mass is 10.2. The van der Waals surface area contributed by atoms with Gasteiger partial charge >= 0.3 is 0 Å². The predicted molar refractivity (Wildman–Crippen MR) is 95.4 cm³/mol. The van der Waals surface area contributed by atoms with Gasteiger partial charge in [-0.2, -0.15) is 5.10 Å². The average molecular weight is 382 g/mol. The van der Waals surface area contributed by atoms with Gasteiger partial charge in [0.15, 0.2) is 6.10 Å². The third kappa shape index (κ3) is 5.44. The molecule has 0 aliphatic rings. The molecule has 1 atom stereocenters. The van der Waals surface area contributed by atoms with Gasteiger partial charge in [0.25, 0.3) is 11.6 Å². The summed E-state index contributed by atoms with van der Waals surface area (Å²) in [5.41, 5.74) is 2.48. The summed E-state index contributed by atoms with van der Waals surface area (Å²) in [4.78, 5) is 22.2. The summed E-state index contributed by atoms with van der Waals surface area (Å²) >= 11 is 11.5. The molecule has 0 spiro atoms. The van der Waals surface area contributed by atoms with E-state index in [0.717, 1.165) is 0 Å². The summed E-state index contributed by atoms with van der Waals surface area (Å²) in [6.07, 6.45) is 0.480. The van der Waals surface area contributed by atoms with Gasteiger partial charge in [0, 0.05) is 16.7 Å². The second-order valence-corrected chi connectivity index (χ2v) is 5.76. The van der Waals surface area contributed by atoms with Gasteiger partial charge in [-0.15, -0.1) is 0 Å². The Bertz CT molecular complexity index is 810. The molecular weight excluding hydrogens is 369 g/mol. The Labute approximate surface area is 153 Å². The topological polar surface area (TPSA) is 93.8 Å². The van der Waals surface area contributed by atoms with Gasteiger partial charge < -0.3 is 4.74 Å². The third-order valence-electron chi connectivity index (χ3n) is 3.05. The van der Waals surface area contributed by atoms with Crippen LogP contribution in [0.1, 0.15) is 12.5 Å². The highest BCUT2D eigenvalue weighted by molar-refractivity contribution is 6.32. The maximum Gasteiger partial charge on any atom is 0.288 e. The summed E-state index contributed by atoms with van der Waals surface area (Å²) in [5.74, 6) is 0.0130. The molecule has 0 aliphatic carbocycles. The second-order valence-electron chi connectivity index (χ2n) is 4.92. The first-order valence-corrected chi connectivity index (χ1v) is 7.81. The van der Waals surface area contributed by atoms with Crippen molar-refractivity contribution in [3.63, 3.8) is 0 Å². The van der Waals surface area contributed by atoms with Crippen LogP contribution < -0.4 is 10.2 Å². The molecule has 0 saturated heterocycles. The van der Waals surface area contributed by atoms with Crippen molar-refractivity contribution in [2.75, 3.05) is 0 Å². The van der Waals surface area contributed by atoms with Gasteiger partial charge in [-0.05, 0) is 37.3 Å². The molecule has 1 N–H and O–H groups in total. The molecule has 130 valence electrons.